The second-order valence-corrected chi connectivity index (χ2v) is 6.57. The normalized spacial score (nSPS) is 23.1. The SMILES string of the molecule is Fc1ccc(F)c(CN2CCCNC3(CCCCC3)C2)c1. The molecule has 1 saturated carbocycles. The van der Waals surface area contributed by atoms with Crippen LogP contribution in [-0.4, -0.2) is 30.1 Å². The van der Waals surface area contributed by atoms with Crippen molar-refractivity contribution in [3.8, 4) is 0 Å². The molecule has 116 valence electrons. The zero-order chi connectivity index (χ0) is 14.7. The van der Waals surface area contributed by atoms with E-state index in [0.717, 1.165) is 26.1 Å². The van der Waals surface area contributed by atoms with E-state index in [2.05, 4.69) is 10.2 Å². The molecule has 1 heterocycles. The highest BCUT2D eigenvalue weighted by molar-refractivity contribution is 5.18. The van der Waals surface area contributed by atoms with Crippen LogP contribution in [0.1, 0.15) is 44.1 Å². The van der Waals surface area contributed by atoms with Gasteiger partial charge in [0.25, 0.3) is 0 Å². The first-order chi connectivity index (χ1) is 10.2. The Labute approximate surface area is 125 Å². The fourth-order valence-corrected chi connectivity index (χ4v) is 3.82. The molecule has 2 nitrogen and oxygen atoms in total. The van der Waals surface area contributed by atoms with Crippen molar-refractivity contribution in [1.29, 1.82) is 0 Å². The predicted molar refractivity (Wildman–Crippen MR) is 80.1 cm³/mol. The molecule has 0 radical (unpaired) electrons. The van der Waals surface area contributed by atoms with Gasteiger partial charge in [0.2, 0.25) is 0 Å². The first kappa shape index (κ1) is 14.9. The first-order valence-electron chi connectivity index (χ1n) is 8.08. The van der Waals surface area contributed by atoms with E-state index >= 15 is 0 Å². The van der Waals surface area contributed by atoms with Crippen molar-refractivity contribution in [2.75, 3.05) is 19.6 Å². The number of halogens is 2. The van der Waals surface area contributed by atoms with Gasteiger partial charge in [-0.15, -0.1) is 0 Å². The van der Waals surface area contributed by atoms with Crippen LogP contribution in [-0.2, 0) is 6.54 Å². The van der Waals surface area contributed by atoms with E-state index < -0.39 is 0 Å². The highest BCUT2D eigenvalue weighted by atomic mass is 19.1. The van der Waals surface area contributed by atoms with Crippen LogP contribution in [0.25, 0.3) is 0 Å². The number of nitrogens with zero attached hydrogens (tertiary/aromatic N) is 1. The molecule has 2 fully saturated rings. The molecular formula is C17H24F2N2. The lowest BCUT2D eigenvalue weighted by Crippen LogP contribution is -2.52. The third-order valence-corrected chi connectivity index (χ3v) is 4.89. The number of benzene rings is 1. The van der Waals surface area contributed by atoms with Gasteiger partial charge in [-0.3, -0.25) is 4.90 Å². The van der Waals surface area contributed by atoms with Gasteiger partial charge in [-0.1, -0.05) is 19.3 Å². The summed E-state index contributed by atoms with van der Waals surface area (Å²) < 4.78 is 27.2. The molecule has 21 heavy (non-hydrogen) atoms. The molecule has 1 saturated heterocycles. The van der Waals surface area contributed by atoms with Crippen molar-refractivity contribution in [3.05, 3.63) is 35.4 Å². The minimum Gasteiger partial charge on any atom is -0.310 e. The molecule has 1 aliphatic heterocycles. The summed E-state index contributed by atoms with van der Waals surface area (Å²) in [5.41, 5.74) is 0.668. The van der Waals surface area contributed by atoms with Gasteiger partial charge in [-0.25, -0.2) is 8.78 Å². The smallest absolute Gasteiger partial charge is 0.127 e. The summed E-state index contributed by atoms with van der Waals surface area (Å²) in [6.07, 6.45) is 7.34. The van der Waals surface area contributed by atoms with Crippen LogP contribution in [0.4, 0.5) is 8.78 Å². The average Bonchev–Trinajstić information content (AvgIpc) is 2.66. The summed E-state index contributed by atoms with van der Waals surface area (Å²) in [5, 5.41) is 3.73. The summed E-state index contributed by atoms with van der Waals surface area (Å²) in [5.74, 6) is -0.655. The zero-order valence-electron chi connectivity index (χ0n) is 12.5. The third kappa shape index (κ3) is 3.61. The molecule has 0 bridgehead atoms. The molecule has 0 atom stereocenters. The van der Waals surface area contributed by atoms with Crippen LogP contribution in [0.5, 0.6) is 0 Å². The molecule has 2 aliphatic rings. The van der Waals surface area contributed by atoms with Gasteiger partial charge in [0.1, 0.15) is 11.6 Å². The Bertz CT molecular complexity index is 484. The first-order valence-corrected chi connectivity index (χ1v) is 8.08. The Balaban J connectivity index is 1.73. The lowest BCUT2D eigenvalue weighted by molar-refractivity contribution is 0.158. The Morgan fingerprint density at radius 1 is 1.10 bits per heavy atom. The summed E-state index contributed by atoms with van der Waals surface area (Å²) in [6.45, 7) is 3.43. The quantitative estimate of drug-likeness (QED) is 0.898. The summed E-state index contributed by atoms with van der Waals surface area (Å²) in [6, 6.07) is 3.75. The van der Waals surface area contributed by atoms with Crippen LogP contribution < -0.4 is 5.32 Å². The molecule has 0 amide bonds. The maximum absolute atomic E-state index is 13.9. The Morgan fingerprint density at radius 2 is 1.90 bits per heavy atom. The Hall–Kier alpha value is -1.00. The van der Waals surface area contributed by atoms with E-state index in [-0.39, 0.29) is 17.2 Å². The van der Waals surface area contributed by atoms with Crippen molar-refractivity contribution in [2.45, 2.75) is 50.6 Å². The monoisotopic (exact) mass is 294 g/mol. The largest absolute Gasteiger partial charge is 0.310 e. The number of rotatable bonds is 2. The van der Waals surface area contributed by atoms with Gasteiger partial charge in [0.15, 0.2) is 0 Å². The van der Waals surface area contributed by atoms with Crippen molar-refractivity contribution in [3.63, 3.8) is 0 Å². The Morgan fingerprint density at radius 3 is 2.71 bits per heavy atom. The number of hydrogen-bond acceptors (Lipinski definition) is 2. The summed E-state index contributed by atoms with van der Waals surface area (Å²) >= 11 is 0. The van der Waals surface area contributed by atoms with Gasteiger partial charge in [0.05, 0.1) is 0 Å². The molecule has 1 N–H and O–H groups in total. The lowest BCUT2D eigenvalue weighted by atomic mass is 9.81. The summed E-state index contributed by atoms with van der Waals surface area (Å²) in [4.78, 5) is 2.29. The fourth-order valence-electron chi connectivity index (χ4n) is 3.82. The van der Waals surface area contributed by atoms with Crippen LogP contribution in [0.3, 0.4) is 0 Å². The van der Waals surface area contributed by atoms with Crippen LogP contribution >= 0.6 is 0 Å². The zero-order valence-corrected chi connectivity index (χ0v) is 12.5. The number of nitrogens with one attached hydrogen (secondary N) is 1. The van der Waals surface area contributed by atoms with E-state index in [0.29, 0.717) is 12.1 Å². The predicted octanol–water partition coefficient (Wildman–Crippen LogP) is 3.46. The van der Waals surface area contributed by atoms with Gasteiger partial charge < -0.3 is 5.32 Å². The second kappa shape index (κ2) is 6.41. The van der Waals surface area contributed by atoms with Crippen molar-refractivity contribution >= 4 is 0 Å². The van der Waals surface area contributed by atoms with E-state index in [1.54, 1.807) is 0 Å². The average molecular weight is 294 g/mol. The highest BCUT2D eigenvalue weighted by Gasteiger charge is 2.34. The van der Waals surface area contributed by atoms with E-state index in [4.69, 9.17) is 0 Å². The molecule has 1 aromatic carbocycles. The summed E-state index contributed by atoms with van der Waals surface area (Å²) in [7, 11) is 0. The van der Waals surface area contributed by atoms with Crippen molar-refractivity contribution < 1.29 is 8.78 Å². The van der Waals surface area contributed by atoms with Gasteiger partial charge in [-0.2, -0.15) is 0 Å². The third-order valence-electron chi connectivity index (χ3n) is 4.89. The Kier molecular flexibility index (Phi) is 4.55. The maximum Gasteiger partial charge on any atom is 0.127 e. The van der Waals surface area contributed by atoms with Crippen molar-refractivity contribution in [1.82, 2.24) is 10.2 Å². The molecule has 1 aliphatic carbocycles. The second-order valence-electron chi connectivity index (χ2n) is 6.57. The van der Waals surface area contributed by atoms with Crippen LogP contribution in [0, 0.1) is 11.6 Å². The maximum atomic E-state index is 13.9. The standard InChI is InChI=1S/C17H24F2N2/c18-15-5-6-16(19)14(11-15)12-21-10-4-9-20-17(13-21)7-2-1-3-8-17/h5-6,11,20H,1-4,7-10,12-13H2. The molecule has 0 aromatic heterocycles. The minimum absolute atomic E-state index is 0.193. The molecule has 1 aromatic rings. The lowest BCUT2D eigenvalue weighted by Gasteiger charge is -2.40. The van der Waals surface area contributed by atoms with Crippen LogP contribution in [0.2, 0.25) is 0 Å². The minimum atomic E-state index is -0.355. The van der Waals surface area contributed by atoms with Gasteiger partial charge >= 0.3 is 0 Å². The molecule has 1 spiro atoms. The van der Waals surface area contributed by atoms with Crippen molar-refractivity contribution in [2.24, 2.45) is 0 Å². The highest BCUT2D eigenvalue weighted by Crippen LogP contribution is 2.31. The van der Waals surface area contributed by atoms with Gasteiger partial charge in [0, 0.05) is 24.2 Å². The molecular weight excluding hydrogens is 270 g/mol. The van der Waals surface area contributed by atoms with E-state index in [1.165, 1.54) is 50.3 Å². The molecule has 3 rings (SSSR count). The van der Waals surface area contributed by atoms with Crippen LogP contribution in [0.15, 0.2) is 18.2 Å². The van der Waals surface area contributed by atoms with E-state index in [9.17, 15) is 8.78 Å². The van der Waals surface area contributed by atoms with E-state index in [1.807, 2.05) is 0 Å². The van der Waals surface area contributed by atoms with Gasteiger partial charge in [-0.05, 0) is 50.6 Å². The topological polar surface area (TPSA) is 15.3 Å². The molecule has 4 heteroatoms. The molecule has 0 unspecified atom stereocenters. The number of hydrogen-bond donors (Lipinski definition) is 1. The fraction of sp³-hybridized carbons (Fsp3) is 0.647.